The van der Waals surface area contributed by atoms with Crippen LogP contribution in [0.4, 0.5) is 4.39 Å². The third-order valence-corrected chi connectivity index (χ3v) is 6.41. The minimum Gasteiger partial charge on any atom is -0.486 e. The number of benzene rings is 1. The van der Waals surface area contributed by atoms with Gasteiger partial charge in [0.05, 0.1) is 0 Å². The molecule has 10 nitrogen and oxygen atoms in total. The van der Waals surface area contributed by atoms with E-state index >= 15 is 0 Å². The SMILES string of the molecule is CC(=O)OCC1=C(C(=O)O)N2C(=O)[C@H](NC(=O)c3ccc(COc4ccc(F)cc4)o3)[C@H]2SC1. The van der Waals surface area contributed by atoms with E-state index in [9.17, 15) is 28.7 Å². The number of nitrogens with zero attached hydrogens (tertiary/aromatic N) is 1. The highest BCUT2D eigenvalue weighted by atomic mass is 32.2. The van der Waals surface area contributed by atoms with Crippen molar-refractivity contribution in [2.45, 2.75) is 24.9 Å². The molecule has 2 atom stereocenters. The molecule has 178 valence electrons. The molecular weight excluding hydrogens is 471 g/mol. The first-order valence-corrected chi connectivity index (χ1v) is 11.1. The summed E-state index contributed by atoms with van der Waals surface area (Å²) in [6.45, 7) is 0.979. The number of thioether (sulfide) groups is 1. The van der Waals surface area contributed by atoms with Gasteiger partial charge in [0.1, 0.15) is 47.7 Å². The zero-order valence-corrected chi connectivity index (χ0v) is 18.6. The van der Waals surface area contributed by atoms with Gasteiger partial charge in [0.2, 0.25) is 0 Å². The summed E-state index contributed by atoms with van der Waals surface area (Å²) in [5.41, 5.74) is 0.0673. The second-order valence-corrected chi connectivity index (χ2v) is 8.51. The Morgan fingerprint density at radius 2 is 1.94 bits per heavy atom. The van der Waals surface area contributed by atoms with E-state index in [1.54, 1.807) is 0 Å². The van der Waals surface area contributed by atoms with Gasteiger partial charge in [-0.25, -0.2) is 9.18 Å². The summed E-state index contributed by atoms with van der Waals surface area (Å²) in [6.07, 6.45) is 0. The second-order valence-electron chi connectivity index (χ2n) is 7.41. The standard InChI is InChI=1S/C22H19FN2O8S/c1-11(26)31-8-12-10-34-21-17(20(28)25(21)18(12)22(29)30)24-19(27)16-7-6-15(33-16)9-32-14-4-2-13(23)3-5-14/h2-7,17,21H,8-10H2,1H3,(H,24,27)(H,29,30)/t17-,21+/m0/s1. The van der Waals surface area contributed by atoms with Crippen LogP contribution < -0.4 is 10.1 Å². The van der Waals surface area contributed by atoms with Gasteiger partial charge in [0.25, 0.3) is 11.8 Å². The van der Waals surface area contributed by atoms with Crippen LogP contribution in [0.2, 0.25) is 0 Å². The van der Waals surface area contributed by atoms with E-state index in [1.165, 1.54) is 55.1 Å². The minimum atomic E-state index is -1.32. The molecule has 12 heteroatoms. The number of β-lactam (4-membered cyclic amide) rings is 1. The highest BCUT2D eigenvalue weighted by Gasteiger charge is 2.54. The summed E-state index contributed by atoms with van der Waals surface area (Å²) < 4.78 is 28.8. The number of hydrogen-bond donors (Lipinski definition) is 2. The largest absolute Gasteiger partial charge is 0.486 e. The lowest BCUT2D eigenvalue weighted by Crippen LogP contribution is -2.70. The van der Waals surface area contributed by atoms with Gasteiger partial charge in [-0.05, 0) is 36.4 Å². The number of rotatable bonds is 8. The number of carboxylic acids is 1. The van der Waals surface area contributed by atoms with Crippen molar-refractivity contribution in [3.05, 3.63) is 65.0 Å². The van der Waals surface area contributed by atoms with Crippen molar-refractivity contribution in [2.24, 2.45) is 0 Å². The van der Waals surface area contributed by atoms with Crippen molar-refractivity contribution < 1.29 is 42.6 Å². The van der Waals surface area contributed by atoms with Crippen LogP contribution in [0.5, 0.6) is 5.75 Å². The van der Waals surface area contributed by atoms with E-state index < -0.39 is 41.0 Å². The van der Waals surface area contributed by atoms with Crippen LogP contribution in [-0.4, -0.2) is 57.5 Å². The Hall–Kier alpha value is -3.80. The summed E-state index contributed by atoms with van der Waals surface area (Å²) in [5, 5.41) is 11.5. The first-order valence-electron chi connectivity index (χ1n) is 10.1. The molecule has 1 fully saturated rings. The smallest absolute Gasteiger partial charge is 0.352 e. The molecule has 0 bridgehead atoms. The van der Waals surface area contributed by atoms with Gasteiger partial charge < -0.3 is 24.3 Å². The number of carbonyl (C=O) groups is 4. The van der Waals surface area contributed by atoms with E-state index in [-0.39, 0.29) is 30.4 Å². The summed E-state index contributed by atoms with van der Waals surface area (Å²) in [5.74, 6) is -2.56. The Morgan fingerprint density at radius 1 is 1.21 bits per heavy atom. The normalized spacial score (nSPS) is 19.2. The van der Waals surface area contributed by atoms with Gasteiger partial charge in [0, 0.05) is 18.2 Å². The van der Waals surface area contributed by atoms with Gasteiger partial charge in [-0.2, -0.15) is 0 Å². The molecule has 3 heterocycles. The van der Waals surface area contributed by atoms with Crippen LogP contribution in [0, 0.1) is 5.82 Å². The summed E-state index contributed by atoms with van der Waals surface area (Å²) in [7, 11) is 0. The van der Waals surface area contributed by atoms with Gasteiger partial charge in [-0.1, -0.05) is 0 Å². The number of carboxylic acid groups (broad SMARTS) is 1. The predicted octanol–water partition coefficient (Wildman–Crippen LogP) is 1.91. The molecule has 0 radical (unpaired) electrons. The van der Waals surface area contributed by atoms with Crippen LogP contribution in [0.3, 0.4) is 0 Å². The van der Waals surface area contributed by atoms with Crippen LogP contribution in [-0.2, 0) is 25.7 Å². The molecule has 4 rings (SSSR count). The maximum absolute atomic E-state index is 13.0. The zero-order valence-electron chi connectivity index (χ0n) is 17.8. The van der Waals surface area contributed by atoms with Crippen LogP contribution in [0.25, 0.3) is 0 Å². The third-order valence-electron chi connectivity index (χ3n) is 5.07. The molecule has 1 aromatic carbocycles. The van der Waals surface area contributed by atoms with Crippen molar-refractivity contribution in [1.29, 1.82) is 0 Å². The van der Waals surface area contributed by atoms with Crippen molar-refractivity contribution in [3.63, 3.8) is 0 Å². The molecule has 2 aromatic rings. The topological polar surface area (TPSA) is 135 Å². The molecule has 0 spiro atoms. The molecule has 0 aliphatic carbocycles. The van der Waals surface area contributed by atoms with E-state index in [0.29, 0.717) is 17.1 Å². The molecule has 0 saturated carbocycles. The van der Waals surface area contributed by atoms with Crippen LogP contribution >= 0.6 is 11.8 Å². The number of esters is 1. The number of hydrogen-bond acceptors (Lipinski definition) is 8. The molecule has 2 aliphatic heterocycles. The van der Waals surface area contributed by atoms with E-state index in [2.05, 4.69) is 5.32 Å². The van der Waals surface area contributed by atoms with Crippen molar-refractivity contribution in [3.8, 4) is 5.75 Å². The van der Waals surface area contributed by atoms with Gasteiger partial charge in [-0.15, -0.1) is 11.8 Å². The fourth-order valence-corrected chi connectivity index (χ4v) is 4.79. The zero-order chi connectivity index (χ0) is 24.4. The van der Waals surface area contributed by atoms with Crippen LogP contribution in [0.15, 0.2) is 52.1 Å². The monoisotopic (exact) mass is 490 g/mol. The lowest BCUT2D eigenvalue weighted by atomic mass is 10.0. The number of carbonyl (C=O) groups excluding carboxylic acids is 3. The lowest BCUT2D eigenvalue weighted by Gasteiger charge is -2.49. The number of ether oxygens (including phenoxy) is 2. The Balaban J connectivity index is 1.37. The molecule has 2 aliphatic rings. The van der Waals surface area contributed by atoms with Crippen molar-refractivity contribution in [2.75, 3.05) is 12.4 Å². The Kier molecular flexibility index (Phi) is 6.59. The maximum Gasteiger partial charge on any atom is 0.352 e. The average Bonchev–Trinajstić information content (AvgIpc) is 3.29. The molecule has 2 amide bonds. The molecule has 2 N–H and O–H groups in total. The molecule has 0 unspecified atom stereocenters. The van der Waals surface area contributed by atoms with E-state index in [0.717, 1.165) is 4.90 Å². The quantitative estimate of drug-likeness (QED) is 0.420. The molecule has 34 heavy (non-hydrogen) atoms. The fraction of sp³-hybridized carbons (Fsp3) is 0.273. The number of halogens is 1. The van der Waals surface area contributed by atoms with Gasteiger partial charge in [-0.3, -0.25) is 19.3 Å². The number of fused-ring (bicyclic) bond motifs is 1. The molecule has 1 aromatic heterocycles. The fourth-order valence-electron chi connectivity index (χ4n) is 3.46. The minimum absolute atomic E-state index is 0.00536. The third kappa shape index (κ3) is 4.76. The Labute approximate surface area is 196 Å². The van der Waals surface area contributed by atoms with E-state index in [1.807, 2.05) is 0 Å². The Morgan fingerprint density at radius 3 is 2.62 bits per heavy atom. The van der Waals surface area contributed by atoms with Crippen LogP contribution in [0.1, 0.15) is 23.2 Å². The average molecular weight is 490 g/mol. The van der Waals surface area contributed by atoms with Gasteiger partial charge in [0.15, 0.2) is 5.76 Å². The number of nitrogens with one attached hydrogen (secondary N) is 1. The van der Waals surface area contributed by atoms with Gasteiger partial charge >= 0.3 is 11.9 Å². The number of aliphatic carboxylic acids is 1. The summed E-state index contributed by atoms with van der Waals surface area (Å²) in [6, 6.07) is 7.44. The highest BCUT2D eigenvalue weighted by Crippen LogP contribution is 2.40. The van der Waals surface area contributed by atoms with Crippen molar-refractivity contribution >= 4 is 35.5 Å². The highest BCUT2D eigenvalue weighted by molar-refractivity contribution is 8.00. The first-order chi connectivity index (χ1) is 16.2. The molecular formula is C22H19FN2O8S. The first kappa shape index (κ1) is 23.4. The maximum atomic E-state index is 13.0. The number of furan rings is 1. The predicted molar refractivity (Wildman–Crippen MR) is 115 cm³/mol. The Bertz CT molecular complexity index is 1180. The lowest BCUT2D eigenvalue weighted by molar-refractivity contribution is -0.149. The van der Waals surface area contributed by atoms with Crippen molar-refractivity contribution in [1.82, 2.24) is 10.2 Å². The number of amides is 2. The summed E-state index contributed by atoms with van der Waals surface area (Å²) in [4.78, 5) is 49.2. The second kappa shape index (κ2) is 9.59. The van der Waals surface area contributed by atoms with E-state index in [4.69, 9.17) is 13.9 Å². The summed E-state index contributed by atoms with van der Waals surface area (Å²) >= 11 is 1.26. The molecule has 1 saturated heterocycles.